The van der Waals surface area contributed by atoms with Crippen LogP contribution < -0.4 is 10.6 Å². The third kappa shape index (κ3) is 6.71. The van der Waals surface area contributed by atoms with Gasteiger partial charge in [-0.15, -0.1) is 10.2 Å². The largest absolute Gasteiger partial charge is 0.344 e. The normalized spacial score (nSPS) is 13.0. The lowest BCUT2D eigenvalue weighted by Gasteiger charge is -2.23. The van der Waals surface area contributed by atoms with E-state index in [0.717, 1.165) is 42.7 Å². The topological polar surface area (TPSA) is 84.0 Å². The first-order valence-corrected chi connectivity index (χ1v) is 10.9. The van der Waals surface area contributed by atoms with E-state index in [1.165, 1.54) is 11.3 Å². The monoisotopic (exact) mass is 402 g/mol. The quantitative estimate of drug-likeness (QED) is 0.536. The molecule has 0 bridgehead atoms. The molecule has 2 N–H and O–H groups in total. The van der Waals surface area contributed by atoms with Crippen LogP contribution in [-0.4, -0.2) is 28.1 Å². The van der Waals surface area contributed by atoms with Gasteiger partial charge in [-0.2, -0.15) is 0 Å². The van der Waals surface area contributed by atoms with Crippen molar-refractivity contribution in [2.75, 3.05) is 5.32 Å². The zero-order valence-electron chi connectivity index (χ0n) is 16.9. The van der Waals surface area contributed by atoms with Crippen molar-refractivity contribution in [3.05, 3.63) is 30.3 Å². The molecule has 6 nitrogen and oxygen atoms in total. The van der Waals surface area contributed by atoms with Gasteiger partial charge in [-0.05, 0) is 12.3 Å². The standard InChI is InChI=1S/C21H30N4O2S/c1-4-6-7-11-14-17(26)22-18(15(3)5-2)19(27)23-21-25-24-20(28-21)16-12-9-8-10-13-16/h8-10,12-13,15,18H,4-7,11,14H2,1-3H3,(H,22,26)(H,23,25,27). The number of nitrogens with one attached hydrogen (secondary N) is 2. The molecule has 0 aliphatic heterocycles. The molecule has 1 heterocycles. The fourth-order valence-electron chi connectivity index (χ4n) is 2.81. The van der Waals surface area contributed by atoms with E-state index in [2.05, 4.69) is 27.8 Å². The minimum atomic E-state index is -0.576. The molecular formula is C21H30N4O2S. The molecule has 2 amide bonds. The van der Waals surface area contributed by atoms with Gasteiger partial charge in [0.1, 0.15) is 11.0 Å². The summed E-state index contributed by atoms with van der Waals surface area (Å²) in [6, 6.07) is 9.13. The van der Waals surface area contributed by atoms with Gasteiger partial charge in [0.25, 0.3) is 0 Å². The molecule has 0 radical (unpaired) electrons. The van der Waals surface area contributed by atoms with Gasteiger partial charge in [0.15, 0.2) is 0 Å². The maximum atomic E-state index is 12.8. The first kappa shape index (κ1) is 22.0. The molecule has 152 valence electrons. The number of hydrogen-bond acceptors (Lipinski definition) is 5. The molecule has 28 heavy (non-hydrogen) atoms. The Morgan fingerprint density at radius 2 is 1.82 bits per heavy atom. The van der Waals surface area contributed by atoms with E-state index in [-0.39, 0.29) is 17.7 Å². The highest BCUT2D eigenvalue weighted by Crippen LogP contribution is 2.26. The Morgan fingerprint density at radius 1 is 1.07 bits per heavy atom. The van der Waals surface area contributed by atoms with Crippen LogP contribution in [0.1, 0.15) is 59.3 Å². The zero-order chi connectivity index (χ0) is 20.4. The second kappa shape index (κ2) is 11.5. The van der Waals surface area contributed by atoms with Crippen LogP contribution in [0, 0.1) is 5.92 Å². The smallest absolute Gasteiger partial charge is 0.249 e. The molecule has 2 atom stereocenters. The Bertz CT molecular complexity index is 748. The average Bonchev–Trinajstić information content (AvgIpc) is 3.18. The highest BCUT2D eigenvalue weighted by atomic mass is 32.1. The molecular weight excluding hydrogens is 372 g/mol. The fraction of sp³-hybridized carbons (Fsp3) is 0.524. The fourth-order valence-corrected chi connectivity index (χ4v) is 3.57. The summed E-state index contributed by atoms with van der Waals surface area (Å²) in [5, 5.41) is 15.1. The summed E-state index contributed by atoms with van der Waals surface area (Å²) in [7, 11) is 0. The predicted molar refractivity (Wildman–Crippen MR) is 114 cm³/mol. The second-order valence-corrected chi connectivity index (χ2v) is 7.99. The third-order valence-electron chi connectivity index (χ3n) is 4.75. The van der Waals surface area contributed by atoms with Crippen molar-refractivity contribution in [1.29, 1.82) is 0 Å². The lowest BCUT2D eigenvalue weighted by Crippen LogP contribution is -2.47. The van der Waals surface area contributed by atoms with Gasteiger partial charge in [-0.3, -0.25) is 14.9 Å². The van der Waals surface area contributed by atoms with Crippen LogP contribution in [0.25, 0.3) is 10.6 Å². The van der Waals surface area contributed by atoms with Crippen LogP contribution in [0.4, 0.5) is 5.13 Å². The Labute approximate surface area is 171 Å². The lowest BCUT2D eigenvalue weighted by molar-refractivity contribution is -0.127. The third-order valence-corrected chi connectivity index (χ3v) is 5.63. The summed E-state index contributed by atoms with van der Waals surface area (Å²) in [4.78, 5) is 25.1. The Morgan fingerprint density at radius 3 is 2.50 bits per heavy atom. The van der Waals surface area contributed by atoms with Crippen molar-refractivity contribution in [3.63, 3.8) is 0 Å². The molecule has 0 spiro atoms. The summed E-state index contributed by atoms with van der Waals surface area (Å²) >= 11 is 1.32. The first-order chi connectivity index (χ1) is 13.5. The predicted octanol–water partition coefficient (Wildman–Crippen LogP) is 4.64. The molecule has 0 saturated carbocycles. The minimum Gasteiger partial charge on any atom is -0.344 e. The van der Waals surface area contributed by atoms with Crippen molar-refractivity contribution in [2.24, 2.45) is 5.92 Å². The molecule has 7 heteroatoms. The average molecular weight is 403 g/mol. The lowest BCUT2D eigenvalue weighted by atomic mass is 9.98. The number of nitrogens with zero attached hydrogens (tertiary/aromatic N) is 2. The van der Waals surface area contributed by atoms with Crippen molar-refractivity contribution in [2.45, 2.75) is 65.3 Å². The van der Waals surface area contributed by atoms with Gasteiger partial charge in [0.2, 0.25) is 16.9 Å². The van der Waals surface area contributed by atoms with Gasteiger partial charge >= 0.3 is 0 Å². The number of anilines is 1. The molecule has 1 aromatic carbocycles. The summed E-state index contributed by atoms with van der Waals surface area (Å²) in [5.41, 5.74) is 0.958. The number of rotatable bonds is 11. The van der Waals surface area contributed by atoms with E-state index in [0.29, 0.717) is 11.6 Å². The summed E-state index contributed by atoms with van der Waals surface area (Å²) in [5.74, 6) is -0.285. The SMILES string of the molecule is CCCCCCC(=O)NC(C(=O)Nc1nnc(-c2ccccc2)s1)C(C)CC. The highest BCUT2D eigenvalue weighted by Gasteiger charge is 2.26. The van der Waals surface area contributed by atoms with E-state index in [4.69, 9.17) is 0 Å². The maximum Gasteiger partial charge on any atom is 0.249 e. The molecule has 2 aromatic rings. The van der Waals surface area contributed by atoms with Gasteiger partial charge in [0, 0.05) is 12.0 Å². The Kier molecular flexibility index (Phi) is 9.07. The van der Waals surface area contributed by atoms with Crippen LogP contribution >= 0.6 is 11.3 Å². The van der Waals surface area contributed by atoms with Gasteiger partial charge in [-0.1, -0.05) is 88.1 Å². The number of amides is 2. The number of carbonyl (C=O) groups excluding carboxylic acids is 2. The highest BCUT2D eigenvalue weighted by molar-refractivity contribution is 7.18. The summed E-state index contributed by atoms with van der Waals surface area (Å²) in [6.07, 6.45) is 5.40. The van der Waals surface area contributed by atoms with Crippen molar-refractivity contribution < 1.29 is 9.59 Å². The summed E-state index contributed by atoms with van der Waals surface area (Å²) < 4.78 is 0. The zero-order valence-corrected chi connectivity index (χ0v) is 17.7. The van der Waals surface area contributed by atoms with E-state index in [1.54, 1.807) is 0 Å². The number of benzene rings is 1. The van der Waals surface area contributed by atoms with Crippen LogP contribution in [-0.2, 0) is 9.59 Å². The van der Waals surface area contributed by atoms with E-state index in [9.17, 15) is 9.59 Å². The van der Waals surface area contributed by atoms with Crippen molar-refractivity contribution in [3.8, 4) is 10.6 Å². The number of carbonyl (C=O) groups is 2. The first-order valence-electron chi connectivity index (χ1n) is 10.0. The molecule has 0 fully saturated rings. The van der Waals surface area contributed by atoms with Gasteiger partial charge in [0.05, 0.1) is 0 Å². The van der Waals surface area contributed by atoms with Crippen LogP contribution in [0.5, 0.6) is 0 Å². The second-order valence-electron chi connectivity index (χ2n) is 7.01. The van der Waals surface area contributed by atoms with Gasteiger partial charge < -0.3 is 5.32 Å². The van der Waals surface area contributed by atoms with E-state index < -0.39 is 6.04 Å². The Hall–Kier alpha value is -2.28. The van der Waals surface area contributed by atoms with E-state index in [1.807, 2.05) is 44.2 Å². The number of unbranched alkanes of at least 4 members (excludes halogenated alkanes) is 3. The number of hydrogen-bond donors (Lipinski definition) is 2. The minimum absolute atomic E-state index is 0.0288. The maximum absolute atomic E-state index is 12.8. The summed E-state index contributed by atoms with van der Waals surface area (Å²) in [6.45, 7) is 6.12. The van der Waals surface area contributed by atoms with Crippen LogP contribution in [0.2, 0.25) is 0 Å². The van der Waals surface area contributed by atoms with Gasteiger partial charge in [-0.25, -0.2) is 0 Å². The van der Waals surface area contributed by atoms with E-state index >= 15 is 0 Å². The molecule has 0 aliphatic carbocycles. The molecule has 0 aliphatic rings. The van der Waals surface area contributed by atoms with Crippen LogP contribution in [0.15, 0.2) is 30.3 Å². The molecule has 0 saturated heterocycles. The number of aromatic nitrogens is 2. The van der Waals surface area contributed by atoms with Crippen molar-refractivity contribution in [1.82, 2.24) is 15.5 Å². The molecule has 2 rings (SSSR count). The van der Waals surface area contributed by atoms with Crippen molar-refractivity contribution >= 4 is 28.3 Å². The van der Waals surface area contributed by atoms with Crippen LogP contribution in [0.3, 0.4) is 0 Å². The molecule has 2 unspecified atom stereocenters. The Balaban J connectivity index is 1.97. The molecule has 1 aromatic heterocycles.